The van der Waals surface area contributed by atoms with Crippen LogP contribution in [0.1, 0.15) is 154 Å². The number of carbonyl (C=O) groups is 6. The largest absolute Gasteiger partial charge is 0.394 e. The minimum Gasteiger partial charge on any atom is -0.394 e. The van der Waals surface area contributed by atoms with Crippen LogP contribution < -0.4 is 43.4 Å². The molecule has 0 heterocycles. The monoisotopic (exact) mass is 1030 g/mol. The fourth-order valence-corrected chi connectivity index (χ4v) is 7.31. The van der Waals surface area contributed by atoms with Crippen molar-refractivity contribution < 1.29 is 57.6 Å². The van der Waals surface area contributed by atoms with Gasteiger partial charge < -0.3 is 72.2 Å². The van der Waals surface area contributed by atoms with Crippen molar-refractivity contribution in [2.75, 3.05) is 118 Å². The lowest BCUT2D eigenvalue weighted by molar-refractivity contribution is -0.127. The zero-order valence-electron chi connectivity index (χ0n) is 43.4. The third-order valence-electron chi connectivity index (χ3n) is 11.3. The van der Waals surface area contributed by atoms with Gasteiger partial charge in [0.1, 0.15) is 13.2 Å². The summed E-state index contributed by atoms with van der Waals surface area (Å²) in [6.45, 7) is 4.20. The number of aliphatic hydroxyl groups excluding tert-OH is 1. The lowest BCUT2D eigenvalue weighted by Gasteiger charge is -2.14. The van der Waals surface area contributed by atoms with E-state index in [9.17, 15) is 28.8 Å². The standard InChI is InChI=1S/C50H98N8O12S/c51-43(21-15-18-26-54-46(61)24-14-12-17-25-53-45(60)23-13-10-8-6-4-2-1-3-5-7-9-11-20-40-71)49(64)57-27-19-16-22-44(52)50(65)58-30-34-68-37-39-70-42-48(63)56-29-33-67-36-38-69-41-47(62)55-28-32-66-35-31-59/h43-44,59,71H,1-42,51-52H2,(H,53,60)(H,54,61)(H,55,62)(H,56,63)(H,57,64)(H,58,65)/t43-,44-/m0/s1. The van der Waals surface area contributed by atoms with Crippen molar-refractivity contribution in [1.82, 2.24) is 31.9 Å². The van der Waals surface area contributed by atoms with E-state index in [-0.39, 0.29) is 115 Å². The first kappa shape index (κ1) is 67.8. The minimum absolute atomic E-state index is 0.0121. The Bertz CT molecular complexity index is 1310. The van der Waals surface area contributed by atoms with Crippen LogP contribution in [0, 0.1) is 0 Å². The third-order valence-corrected chi connectivity index (χ3v) is 11.6. The van der Waals surface area contributed by atoms with Crippen LogP contribution in [-0.2, 0) is 52.5 Å². The smallest absolute Gasteiger partial charge is 0.246 e. The predicted octanol–water partition coefficient (Wildman–Crippen LogP) is 2.71. The Labute approximate surface area is 431 Å². The lowest BCUT2D eigenvalue weighted by Crippen LogP contribution is -2.42. The first-order valence-electron chi connectivity index (χ1n) is 26.8. The van der Waals surface area contributed by atoms with Crippen LogP contribution in [0.4, 0.5) is 0 Å². The van der Waals surface area contributed by atoms with E-state index in [1.807, 2.05) is 0 Å². The first-order valence-corrected chi connectivity index (χ1v) is 27.5. The molecule has 0 fully saturated rings. The second kappa shape index (κ2) is 53.2. The van der Waals surface area contributed by atoms with Gasteiger partial charge >= 0.3 is 0 Å². The highest BCUT2D eigenvalue weighted by Crippen LogP contribution is 2.13. The molecule has 0 bridgehead atoms. The van der Waals surface area contributed by atoms with Crippen LogP contribution in [0.15, 0.2) is 0 Å². The van der Waals surface area contributed by atoms with Gasteiger partial charge in [-0.15, -0.1) is 0 Å². The SMILES string of the molecule is N[C@@H](CCCCNC(=O)CCCCCNC(=O)CCCCCCCCCCCCCCCS)C(=O)NCCCC[C@H](N)C(=O)NCCOCCOCC(=O)NCCOCCOCC(=O)NCCOCCO. The number of carbonyl (C=O) groups excluding carboxylic acids is 6. The summed E-state index contributed by atoms with van der Waals surface area (Å²) < 4.78 is 26.3. The van der Waals surface area contributed by atoms with Crippen molar-refractivity contribution in [2.24, 2.45) is 11.5 Å². The maximum Gasteiger partial charge on any atom is 0.246 e. The van der Waals surface area contributed by atoms with Gasteiger partial charge in [0, 0.05) is 52.1 Å². The molecule has 0 aromatic carbocycles. The number of nitrogens with two attached hydrogens (primary N) is 2. The number of aliphatic hydroxyl groups is 1. The molecule has 0 spiro atoms. The van der Waals surface area contributed by atoms with E-state index in [4.69, 9.17) is 40.3 Å². The molecule has 0 saturated carbocycles. The van der Waals surface area contributed by atoms with Crippen LogP contribution >= 0.6 is 12.6 Å². The quantitative estimate of drug-likeness (QED) is 0.0310. The molecule has 6 amide bonds. The van der Waals surface area contributed by atoms with Gasteiger partial charge in [-0.1, -0.05) is 77.0 Å². The molecule has 21 heteroatoms. The lowest BCUT2D eigenvalue weighted by atomic mass is 10.0. The van der Waals surface area contributed by atoms with Gasteiger partial charge in [-0.05, 0) is 70.0 Å². The van der Waals surface area contributed by atoms with Crippen molar-refractivity contribution in [3.05, 3.63) is 0 Å². The molecular formula is C50H98N8O12S. The fourth-order valence-electron chi connectivity index (χ4n) is 7.09. The summed E-state index contributed by atoms with van der Waals surface area (Å²) in [5.41, 5.74) is 12.1. The summed E-state index contributed by atoms with van der Waals surface area (Å²) in [6.07, 6.45) is 23.8. The zero-order valence-corrected chi connectivity index (χ0v) is 44.3. The van der Waals surface area contributed by atoms with Crippen LogP contribution in [0.3, 0.4) is 0 Å². The summed E-state index contributed by atoms with van der Waals surface area (Å²) in [4.78, 5) is 72.6. The number of hydrogen-bond donors (Lipinski definition) is 10. The molecule has 0 aliphatic rings. The van der Waals surface area contributed by atoms with E-state index in [0.29, 0.717) is 77.7 Å². The van der Waals surface area contributed by atoms with Crippen LogP contribution in [0.2, 0.25) is 0 Å². The molecule has 0 aliphatic carbocycles. The van der Waals surface area contributed by atoms with Crippen LogP contribution in [0.5, 0.6) is 0 Å². The average molecular weight is 1040 g/mol. The normalized spacial score (nSPS) is 12.0. The molecule has 0 rings (SSSR count). The van der Waals surface area contributed by atoms with Crippen molar-refractivity contribution in [3.63, 3.8) is 0 Å². The fraction of sp³-hybridized carbons (Fsp3) is 0.880. The Hall–Kier alpha value is -3.15. The highest BCUT2D eigenvalue weighted by molar-refractivity contribution is 7.80. The Morgan fingerprint density at radius 1 is 0.366 bits per heavy atom. The van der Waals surface area contributed by atoms with Gasteiger partial charge in [-0.2, -0.15) is 12.6 Å². The van der Waals surface area contributed by atoms with Crippen LogP contribution in [-0.4, -0.2) is 170 Å². The Morgan fingerprint density at radius 3 is 1.13 bits per heavy atom. The number of amides is 6. The molecule has 0 radical (unpaired) electrons. The van der Waals surface area contributed by atoms with E-state index in [1.54, 1.807) is 0 Å². The maximum absolute atomic E-state index is 12.4. The molecule has 2 atom stereocenters. The van der Waals surface area contributed by atoms with E-state index in [2.05, 4.69) is 44.5 Å². The topological polar surface area (TPSA) is 293 Å². The van der Waals surface area contributed by atoms with E-state index in [1.165, 1.54) is 70.6 Å². The van der Waals surface area contributed by atoms with Gasteiger partial charge in [-0.25, -0.2) is 0 Å². The number of hydrogen-bond acceptors (Lipinski definition) is 15. The van der Waals surface area contributed by atoms with Gasteiger partial charge in [-0.3, -0.25) is 28.8 Å². The van der Waals surface area contributed by atoms with Gasteiger partial charge in [0.15, 0.2) is 0 Å². The molecule has 20 nitrogen and oxygen atoms in total. The van der Waals surface area contributed by atoms with Crippen molar-refractivity contribution >= 4 is 48.1 Å². The van der Waals surface area contributed by atoms with Crippen molar-refractivity contribution in [1.29, 1.82) is 0 Å². The highest BCUT2D eigenvalue weighted by atomic mass is 32.1. The van der Waals surface area contributed by atoms with Crippen LogP contribution in [0.25, 0.3) is 0 Å². The Kier molecular flexibility index (Phi) is 50.8. The van der Waals surface area contributed by atoms with Gasteiger partial charge in [0.2, 0.25) is 35.4 Å². The van der Waals surface area contributed by atoms with E-state index in [0.717, 1.165) is 44.3 Å². The Balaban J connectivity index is 3.58. The Morgan fingerprint density at radius 2 is 0.690 bits per heavy atom. The summed E-state index contributed by atoms with van der Waals surface area (Å²) in [6, 6.07) is -1.32. The number of rotatable bonds is 54. The summed E-state index contributed by atoms with van der Waals surface area (Å²) in [5.74, 6) is 0.0504. The highest BCUT2D eigenvalue weighted by Gasteiger charge is 2.15. The van der Waals surface area contributed by atoms with Crippen molar-refractivity contribution in [3.8, 4) is 0 Å². The number of nitrogens with one attached hydrogen (secondary N) is 6. The van der Waals surface area contributed by atoms with Gasteiger partial charge in [0.05, 0.1) is 71.5 Å². The van der Waals surface area contributed by atoms with E-state index >= 15 is 0 Å². The molecule has 71 heavy (non-hydrogen) atoms. The van der Waals surface area contributed by atoms with Crippen molar-refractivity contribution in [2.45, 2.75) is 166 Å². The molecular weight excluding hydrogens is 937 g/mol. The average Bonchev–Trinajstić information content (AvgIpc) is 3.36. The molecule has 0 aliphatic heterocycles. The summed E-state index contributed by atoms with van der Waals surface area (Å²) >= 11 is 4.26. The maximum atomic E-state index is 12.4. The molecule has 416 valence electrons. The summed E-state index contributed by atoms with van der Waals surface area (Å²) in [7, 11) is 0. The first-order chi connectivity index (χ1) is 34.6. The van der Waals surface area contributed by atoms with Gasteiger partial charge in [0.25, 0.3) is 0 Å². The number of ether oxygens (including phenoxy) is 5. The molecule has 0 aromatic rings. The van der Waals surface area contributed by atoms with E-state index < -0.39 is 12.1 Å². The second-order valence-corrected chi connectivity index (χ2v) is 18.2. The predicted molar refractivity (Wildman–Crippen MR) is 280 cm³/mol. The molecule has 0 unspecified atom stereocenters. The summed E-state index contributed by atoms with van der Waals surface area (Å²) in [5, 5.41) is 25.4. The molecule has 11 N–H and O–H groups in total. The molecule has 0 aromatic heterocycles. The zero-order chi connectivity index (χ0) is 52.1. The second-order valence-electron chi connectivity index (χ2n) is 17.7. The molecule has 0 saturated heterocycles. The number of unbranched alkanes of at least 4 members (excludes halogenated alkanes) is 16. The third kappa shape index (κ3) is 50.2. The number of thiol groups is 1. The minimum atomic E-state index is -0.686.